The summed E-state index contributed by atoms with van der Waals surface area (Å²) in [6.07, 6.45) is -0.788. The number of aliphatic hydroxyl groups excluding tert-OH is 2. The molecule has 1 unspecified atom stereocenters. The highest BCUT2D eigenvalue weighted by atomic mass is 32.1. The first-order valence-electron chi connectivity index (χ1n) is 6.05. The fourth-order valence-electron chi connectivity index (χ4n) is 1.99. The van der Waals surface area contributed by atoms with Crippen LogP contribution in [0.3, 0.4) is 0 Å². The summed E-state index contributed by atoms with van der Waals surface area (Å²) in [6.45, 7) is 2.73. The second-order valence-electron chi connectivity index (χ2n) is 4.28. The Bertz CT molecular complexity index is 572. The van der Waals surface area contributed by atoms with Crippen molar-refractivity contribution in [2.24, 2.45) is 0 Å². The van der Waals surface area contributed by atoms with Gasteiger partial charge in [0.25, 0.3) is 0 Å². The monoisotopic (exact) mass is 282 g/mol. The van der Waals surface area contributed by atoms with E-state index in [0.29, 0.717) is 23.9 Å². The zero-order valence-corrected chi connectivity index (χ0v) is 11.5. The van der Waals surface area contributed by atoms with Crippen LogP contribution in [0.25, 0.3) is 10.2 Å². The number of hydrogen-bond acceptors (Lipinski definition) is 7. The zero-order valence-electron chi connectivity index (χ0n) is 10.7. The minimum atomic E-state index is -0.788. The number of fused-ring (bicyclic) bond motifs is 1. The van der Waals surface area contributed by atoms with Gasteiger partial charge in [0.2, 0.25) is 0 Å². The van der Waals surface area contributed by atoms with Gasteiger partial charge in [0, 0.05) is 13.1 Å². The van der Waals surface area contributed by atoms with Crippen LogP contribution in [0, 0.1) is 0 Å². The summed E-state index contributed by atoms with van der Waals surface area (Å²) >= 11 is 1.35. The molecule has 6 N–H and O–H groups in total. The van der Waals surface area contributed by atoms with E-state index in [-0.39, 0.29) is 6.61 Å². The van der Waals surface area contributed by atoms with Crippen molar-refractivity contribution < 1.29 is 10.2 Å². The molecular weight excluding hydrogens is 264 g/mol. The first kappa shape index (κ1) is 13.9. The number of aromatic nitrogens is 1. The minimum absolute atomic E-state index is 0.270. The number of aliphatic hydroxyl groups is 2. The topological polar surface area (TPSA) is 109 Å². The molecule has 1 aromatic heterocycles. The lowest BCUT2D eigenvalue weighted by Gasteiger charge is -2.25. The van der Waals surface area contributed by atoms with Crippen LogP contribution in [-0.4, -0.2) is 41.0 Å². The molecule has 7 heteroatoms. The van der Waals surface area contributed by atoms with Gasteiger partial charge in [0.1, 0.15) is 5.52 Å². The first-order valence-corrected chi connectivity index (χ1v) is 6.86. The van der Waals surface area contributed by atoms with E-state index in [9.17, 15) is 5.11 Å². The maximum atomic E-state index is 9.59. The smallest absolute Gasteiger partial charge is 0.181 e. The molecule has 0 amide bonds. The van der Waals surface area contributed by atoms with Crippen LogP contribution >= 0.6 is 11.3 Å². The Labute approximate surface area is 115 Å². The van der Waals surface area contributed by atoms with E-state index in [1.165, 1.54) is 11.3 Å². The maximum absolute atomic E-state index is 9.59. The third kappa shape index (κ3) is 2.73. The van der Waals surface area contributed by atoms with E-state index < -0.39 is 6.10 Å². The van der Waals surface area contributed by atoms with Crippen LogP contribution in [0.5, 0.6) is 0 Å². The molecule has 0 spiro atoms. The standard InChI is InChI=1S/C12H18N4O2S/c1-2-16(5-7(18)6-17)9-4-3-8(13)11-10(9)15-12(14)19-11/h3-4,7,17-18H,2,5-6,13H2,1H3,(H2,14,15). The highest BCUT2D eigenvalue weighted by Gasteiger charge is 2.16. The van der Waals surface area contributed by atoms with Crippen LogP contribution in [-0.2, 0) is 0 Å². The highest BCUT2D eigenvalue weighted by Crippen LogP contribution is 2.35. The number of nitrogen functional groups attached to an aromatic ring is 2. The van der Waals surface area contributed by atoms with E-state index in [4.69, 9.17) is 16.6 Å². The van der Waals surface area contributed by atoms with Crippen molar-refractivity contribution in [1.29, 1.82) is 0 Å². The summed E-state index contributed by atoms with van der Waals surface area (Å²) in [5, 5.41) is 19.0. The van der Waals surface area contributed by atoms with Gasteiger partial charge in [0.15, 0.2) is 5.13 Å². The molecule has 2 rings (SSSR count). The molecule has 19 heavy (non-hydrogen) atoms. The number of likely N-dealkylation sites (N-methyl/N-ethyl adjacent to an activating group) is 1. The fourth-order valence-corrected chi connectivity index (χ4v) is 2.77. The van der Waals surface area contributed by atoms with Crippen molar-refractivity contribution in [3.05, 3.63) is 12.1 Å². The molecule has 0 aliphatic carbocycles. The molecule has 6 nitrogen and oxygen atoms in total. The highest BCUT2D eigenvalue weighted by molar-refractivity contribution is 7.22. The molecule has 0 aliphatic rings. The quantitative estimate of drug-likeness (QED) is 0.599. The lowest BCUT2D eigenvalue weighted by Crippen LogP contribution is -2.34. The van der Waals surface area contributed by atoms with Crippen molar-refractivity contribution in [2.45, 2.75) is 13.0 Å². The van der Waals surface area contributed by atoms with E-state index >= 15 is 0 Å². The summed E-state index contributed by atoms with van der Waals surface area (Å²) in [4.78, 5) is 6.25. The SMILES string of the molecule is CCN(CC(O)CO)c1ccc(N)c2sc(N)nc12. The van der Waals surface area contributed by atoms with Crippen LogP contribution in [0.1, 0.15) is 6.92 Å². The van der Waals surface area contributed by atoms with Gasteiger partial charge >= 0.3 is 0 Å². The Morgan fingerprint density at radius 1 is 1.42 bits per heavy atom. The average Bonchev–Trinajstić information content (AvgIpc) is 2.79. The molecule has 104 valence electrons. The molecule has 1 atom stereocenters. The summed E-state index contributed by atoms with van der Waals surface area (Å²) in [5.41, 5.74) is 13.9. The van der Waals surface area contributed by atoms with Gasteiger partial charge in [-0.1, -0.05) is 11.3 Å². The zero-order chi connectivity index (χ0) is 14.0. The van der Waals surface area contributed by atoms with Crippen LogP contribution in [0.15, 0.2) is 12.1 Å². The number of nitrogens with two attached hydrogens (primary N) is 2. The summed E-state index contributed by atoms with van der Waals surface area (Å²) in [5.74, 6) is 0. The van der Waals surface area contributed by atoms with Gasteiger partial charge in [-0.25, -0.2) is 4.98 Å². The predicted octanol–water partition coefficient (Wildman–Crippen LogP) is 0.640. The molecule has 0 radical (unpaired) electrons. The summed E-state index contributed by atoms with van der Waals surface area (Å²) in [7, 11) is 0. The average molecular weight is 282 g/mol. The van der Waals surface area contributed by atoms with Gasteiger partial charge in [0.05, 0.1) is 28.8 Å². The normalized spacial score (nSPS) is 12.8. The first-order chi connectivity index (χ1) is 9.06. The summed E-state index contributed by atoms with van der Waals surface area (Å²) in [6, 6.07) is 3.67. The van der Waals surface area contributed by atoms with Crippen LogP contribution < -0.4 is 16.4 Å². The van der Waals surface area contributed by atoms with Crippen molar-refractivity contribution in [2.75, 3.05) is 36.1 Å². The Balaban J connectivity index is 2.45. The second kappa shape index (κ2) is 5.60. The Hall–Kier alpha value is -1.57. The molecule has 0 saturated carbocycles. The van der Waals surface area contributed by atoms with E-state index in [0.717, 1.165) is 15.9 Å². The number of hydrogen-bond donors (Lipinski definition) is 4. The third-order valence-electron chi connectivity index (χ3n) is 2.93. The van der Waals surface area contributed by atoms with Crippen molar-refractivity contribution in [3.8, 4) is 0 Å². The van der Waals surface area contributed by atoms with Crippen molar-refractivity contribution >= 4 is 38.1 Å². The van der Waals surface area contributed by atoms with Gasteiger partial charge in [-0.2, -0.15) is 0 Å². The summed E-state index contributed by atoms with van der Waals surface area (Å²) < 4.78 is 0.854. The Morgan fingerprint density at radius 2 is 2.16 bits per heavy atom. The van der Waals surface area contributed by atoms with Crippen molar-refractivity contribution in [3.63, 3.8) is 0 Å². The largest absolute Gasteiger partial charge is 0.398 e. The van der Waals surface area contributed by atoms with Crippen LogP contribution in [0.2, 0.25) is 0 Å². The van der Waals surface area contributed by atoms with Gasteiger partial charge in [-0.15, -0.1) is 0 Å². The minimum Gasteiger partial charge on any atom is -0.398 e. The van der Waals surface area contributed by atoms with E-state index in [1.54, 1.807) is 0 Å². The van der Waals surface area contributed by atoms with Crippen LogP contribution in [0.4, 0.5) is 16.5 Å². The van der Waals surface area contributed by atoms with E-state index in [1.807, 2.05) is 24.0 Å². The lowest BCUT2D eigenvalue weighted by atomic mass is 10.2. The maximum Gasteiger partial charge on any atom is 0.181 e. The molecule has 0 fully saturated rings. The number of thiazole rings is 1. The number of benzene rings is 1. The van der Waals surface area contributed by atoms with Gasteiger partial charge < -0.3 is 26.6 Å². The Morgan fingerprint density at radius 3 is 2.79 bits per heavy atom. The Kier molecular flexibility index (Phi) is 4.08. The number of rotatable bonds is 5. The molecule has 0 saturated heterocycles. The molecule has 1 aromatic carbocycles. The van der Waals surface area contributed by atoms with E-state index in [2.05, 4.69) is 4.98 Å². The lowest BCUT2D eigenvalue weighted by molar-refractivity contribution is 0.100. The number of anilines is 3. The molecule has 2 aromatic rings. The number of nitrogens with zero attached hydrogens (tertiary/aromatic N) is 2. The molecule has 0 bridgehead atoms. The molecule has 1 heterocycles. The molecular formula is C12H18N4O2S. The van der Waals surface area contributed by atoms with Crippen molar-refractivity contribution in [1.82, 2.24) is 4.98 Å². The van der Waals surface area contributed by atoms with Gasteiger partial charge in [-0.3, -0.25) is 0 Å². The molecule has 0 aliphatic heterocycles. The fraction of sp³-hybridized carbons (Fsp3) is 0.417. The second-order valence-corrected chi connectivity index (χ2v) is 5.31. The third-order valence-corrected chi connectivity index (χ3v) is 3.87. The predicted molar refractivity (Wildman–Crippen MR) is 79.4 cm³/mol. The van der Waals surface area contributed by atoms with Gasteiger partial charge in [-0.05, 0) is 19.1 Å².